The van der Waals surface area contributed by atoms with Crippen LogP contribution in [0, 0.1) is 11.3 Å². The Bertz CT molecular complexity index is 1110. The number of H-pyrrole nitrogens is 1. The number of hydrogen-bond donors (Lipinski definition) is 1. The molecule has 0 radical (unpaired) electrons. The maximum atomic E-state index is 11.2. The topological polar surface area (TPSA) is 87.6 Å². The summed E-state index contributed by atoms with van der Waals surface area (Å²) >= 11 is 0. The van der Waals surface area contributed by atoms with E-state index < -0.39 is 5.76 Å². The number of nitrogens with zero attached hydrogens (tertiary/aromatic N) is 3. The monoisotopic (exact) mass is 316 g/mol. The van der Waals surface area contributed by atoms with E-state index in [0.717, 1.165) is 22.0 Å². The maximum absolute atomic E-state index is 11.2. The zero-order chi connectivity index (χ0) is 16.5. The minimum absolute atomic E-state index is 0.368. The Hall–Kier alpha value is -3.59. The molecular weight excluding hydrogens is 304 g/mol. The molecule has 0 amide bonds. The van der Waals surface area contributed by atoms with E-state index in [1.807, 2.05) is 59.3 Å². The number of rotatable bonds is 3. The van der Waals surface area contributed by atoms with Crippen LogP contribution in [0.2, 0.25) is 0 Å². The summed E-state index contributed by atoms with van der Waals surface area (Å²) in [6, 6.07) is 17.8. The van der Waals surface area contributed by atoms with Crippen LogP contribution >= 0.6 is 0 Å². The zero-order valence-corrected chi connectivity index (χ0v) is 12.6. The van der Waals surface area contributed by atoms with Gasteiger partial charge in [-0.15, -0.1) is 0 Å². The Labute approximate surface area is 136 Å². The quantitative estimate of drug-likeness (QED) is 0.629. The Kier molecular flexibility index (Phi) is 3.25. The SMILES string of the molecule is N#Cc1cn(Cc2ccccc2)c2cc(-c3noc(=O)[nH]3)ccc12. The van der Waals surface area contributed by atoms with Gasteiger partial charge in [0, 0.05) is 23.7 Å². The number of aromatic amines is 1. The average Bonchev–Trinajstić information content (AvgIpc) is 3.19. The van der Waals surface area contributed by atoms with E-state index >= 15 is 0 Å². The molecule has 6 nitrogen and oxygen atoms in total. The summed E-state index contributed by atoms with van der Waals surface area (Å²) in [5, 5.41) is 13.9. The molecule has 4 aromatic rings. The van der Waals surface area contributed by atoms with Gasteiger partial charge in [-0.25, -0.2) is 4.79 Å². The van der Waals surface area contributed by atoms with Crippen LogP contribution in [-0.4, -0.2) is 14.7 Å². The van der Waals surface area contributed by atoms with Gasteiger partial charge in [0.15, 0.2) is 5.82 Å². The molecule has 2 aromatic heterocycles. The molecule has 2 aromatic carbocycles. The predicted molar refractivity (Wildman–Crippen MR) is 88.3 cm³/mol. The highest BCUT2D eigenvalue weighted by atomic mass is 16.5. The van der Waals surface area contributed by atoms with E-state index in [4.69, 9.17) is 0 Å². The van der Waals surface area contributed by atoms with Gasteiger partial charge in [0.25, 0.3) is 0 Å². The van der Waals surface area contributed by atoms with E-state index in [1.165, 1.54) is 0 Å². The van der Waals surface area contributed by atoms with Gasteiger partial charge in [0.1, 0.15) is 6.07 Å². The summed E-state index contributed by atoms with van der Waals surface area (Å²) in [7, 11) is 0. The molecular formula is C18H12N4O2. The minimum Gasteiger partial charge on any atom is -0.342 e. The van der Waals surface area contributed by atoms with Crippen molar-refractivity contribution in [3.8, 4) is 17.5 Å². The van der Waals surface area contributed by atoms with Crippen LogP contribution in [0.25, 0.3) is 22.3 Å². The third kappa shape index (κ3) is 2.38. The fraction of sp³-hybridized carbons (Fsp3) is 0.0556. The Morgan fingerprint density at radius 2 is 2.04 bits per heavy atom. The summed E-state index contributed by atoms with van der Waals surface area (Å²) in [6.07, 6.45) is 1.84. The summed E-state index contributed by atoms with van der Waals surface area (Å²) < 4.78 is 6.58. The lowest BCUT2D eigenvalue weighted by molar-refractivity contribution is 0.388. The van der Waals surface area contributed by atoms with Crippen molar-refractivity contribution in [2.24, 2.45) is 0 Å². The molecule has 0 saturated heterocycles. The van der Waals surface area contributed by atoms with E-state index in [1.54, 1.807) is 0 Å². The van der Waals surface area contributed by atoms with Crippen molar-refractivity contribution >= 4 is 10.9 Å². The minimum atomic E-state index is -0.595. The van der Waals surface area contributed by atoms with Gasteiger partial charge in [0.2, 0.25) is 0 Å². The van der Waals surface area contributed by atoms with E-state index in [2.05, 4.69) is 20.7 Å². The van der Waals surface area contributed by atoms with Crippen molar-refractivity contribution in [2.45, 2.75) is 6.54 Å². The van der Waals surface area contributed by atoms with Gasteiger partial charge in [-0.3, -0.25) is 9.51 Å². The Morgan fingerprint density at radius 1 is 1.21 bits per heavy atom. The summed E-state index contributed by atoms with van der Waals surface area (Å²) in [6.45, 7) is 0.651. The molecule has 0 unspecified atom stereocenters. The lowest BCUT2D eigenvalue weighted by Crippen LogP contribution is -1.98. The second kappa shape index (κ2) is 5.56. The smallest absolute Gasteiger partial charge is 0.342 e. The van der Waals surface area contributed by atoms with Crippen molar-refractivity contribution in [1.82, 2.24) is 14.7 Å². The van der Waals surface area contributed by atoms with Crippen LogP contribution in [0.4, 0.5) is 0 Å². The van der Waals surface area contributed by atoms with E-state index in [9.17, 15) is 10.1 Å². The van der Waals surface area contributed by atoms with Crippen LogP contribution in [0.15, 0.2) is 64.0 Å². The first-order valence-electron chi connectivity index (χ1n) is 7.38. The predicted octanol–water partition coefficient (Wildman–Crippen LogP) is 2.90. The number of nitriles is 1. The van der Waals surface area contributed by atoms with Crippen molar-refractivity contribution in [2.75, 3.05) is 0 Å². The summed E-state index contributed by atoms with van der Waals surface area (Å²) in [4.78, 5) is 13.7. The fourth-order valence-electron chi connectivity index (χ4n) is 2.79. The molecule has 4 rings (SSSR count). The number of aromatic nitrogens is 3. The largest absolute Gasteiger partial charge is 0.439 e. The van der Waals surface area contributed by atoms with Crippen LogP contribution in [-0.2, 0) is 6.54 Å². The van der Waals surface area contributed by atoms with E-state index in [0.29, 0.717) is 17.9 Å². The number of benzene rings is 2. The third-order valence-electron chi connectivity index (χ3n) is 3.91. The number of hydrogen-bond acceptors (Lipinski definition) is 4. The molecule has 116 valence electrons. The Balaban J connectivity index is 1.86. The average molecular weight is 316 g/mol. The second-order valence-corrected chi connectivity index (χ2v) is 5.44. The van der Waals surface area contributed by atoms with Gasteiger partial charge < -0.3 is 4.57 Å². The molecule has 0 bridgehead atoms. The normalized spacial score (nSPS) is 10.8. The number of nitrogens with one attached hydrogen (secondary N) is 1. The van der Waals surface area contributed by atoms with Gasteiger partial charge in [-0.2, -0.15) is 5.26 Å². The summed E-state index contributed by atoms with van der Waals surface area (Å²) in [5.74, 6) is -0.227. The first-order chi connectivity index (χ1) is 11.7. The lowest BCUT2D eigenvalue weighted by atomic mass is 10.1. The summed E-state index contributed by atoms with van der Waals surface area (Å²) in [5.41, 5.74) is 3.38. The second-order valence-electron chi connectivity index (χ2n) is 5.44. The zero-order valence-electron chi connectivity index (χ0n) is 12.6. The van der Waals surface area contributed by atoms with Crippen LogP contribution in [0.5, 0.6) is 0 Å². The van der Waals surface area contributed by atoms with Crippen LogP contribution in [0.3, 0.4) is 0 Å². The molecule has 0 aliphatic rings. The van der Waals surface area contributed by atoms with E-state index in [-0.39, 0.29) is 0 Å². The maximum Gasteiger partial charge on any atom is 0.439 e. The van der Waals surface area contributed by atoms with Gasteiger partial charge in [-0.05, 0) is 11.6 Å². The molecule has 0 aliphatic carbocycles. The molecule has 0 fully saturated rings. The molecule has 0 atom stereocenters. The molecule has 1 N–H and O–H groups in total. The highest BCUT2D eigenvalue weighted by Gasteiger charge is 2.12. The van der Waals surface area contributed by atoms with Crippen LogP contribution < -0.4 is 5.76 Å². The molecule has 6 heteroatoms. The first-order valence-corrected chi connectivity index (χ1v) is 7.38. The highest BCUT2D eigenvalue weighted by molar-refractivity contribution is 5.89. The van der Waals surface area contributed by atoms with Crippen LogP contribution in [0.1, 0.15) is 11.1 Å². The third-order valence-corrected chi connectivity index (χ3v) is 3.91. The van der Waals surface area contributed by atoms with Gasteiger partial charge >= 0.3 is 5.76 Å². The lowest BCUT2D eigenvalue weighted by Gasteiger charge is -2.06. The van der Waals surface area contributed by atoms with Gasteiger partial charge in [-0.1, -0.05) is 47.6 Å². The van der Waals surface area contributed by atoms with Crippen molar-refractivity contribution in [1.29, 1.82) is 5.26 Å². The standard InChI is InChI=1S/C18H12N4O2/c19-9-14-11-22(10-12-4-2-1-3-5-12)16-8-13(6-7-15(14)16)17-20-18(23)24-21-17/h1-8,11H,10H2,(H,20,21,23). The number of fused-ring (bicyclic) bond motifs is 1. The molecule has 0 aliphatic heterocycles. The van der Waals surface area contributed by atoms with Gasteiger partial charge in [0.05, 0.1) is 11.1 Å². The van der Waals surface area contributed by atoms with Crippen molar-refractivity contribution < 1.29 is 4.52 Å². The first kappa shape index (κ1) is 14.0. The van der Waals surface area contributed by atoms with Crippen molar-refractivity contribution in [3.63, 3.8) is 0 Å². The van der Waals surface area contributed by atoms with Crippen molar-refractivity contribution in [3.05, 3.63) is 76.4 Å². The molecule has 2 heterocycles. The highest BCUT2D eigenvalue weighted by Crippen LogP contribution is 2.26. The molecule has 0 spiro atoms. The Morgan fingerprint density at radius 3 is 2.75 bits per heavy atom. The molecule has 24 heavy (non-hydrogen) atoms. The molecule has 0 saturated carbocycles. The fourth-order valence-corrected chi connectivity index (χ4v) is 2.79.